The van der Waals surface area contributed by atoms with E-state index in [0.717, 1.165) is 0 Å². The van der Waals surface area contributed by atoms with Gasteiger partial charge in [-0.3, -0.25) is 19.2 Å². The number of carbonyl (C=O) groups excluding carboxylic acids is 8. The predicted molar refractivity (Wildman–Crippen MR) is 225 cm³/mol. The standard InChI is InChI=1S/4C12H12O4/c4*1-16-12(15)7-2-3-8-9(6-7)11(14)5-4-10(8)13/h4*2-3,6,11,14H,4-5H2,1H3/t4*11-/m1111/s1. The molecule has 4 aliphatic rings. The number of carbonyl (C=O) groups is 8. The number of esters is 4. The van der Waals surface area contributed by atoms with Gasteiger partial charge in [-0.1, -0.05) is 24.3 Å². The van der Waals surface area contributed by atoms with E-state index in [1.807, 2.05) is 0 Å². The summed E-state index contributed by atoms with van der Waals surface area (Å²) in [6.07, 6.45) is 0.388. The number of Topliss-reactive ketones (excluding diaryl/α,β-unsaturated/α-hetero) is 4. The minimum absolute atomic E-state index is 0.0108. The van der Waals surface area contributed by atoms with E-state index in [-0.39, 0.29) is 23.1 Å². The molecule has 0 aliphatic heterocycles. The van der Waals surface area contributed by atoms with Crippen LogP contribution in [0, 0.1) is 0 Å². The summed E-state index contributed by atoms with van der Waals surface area (Å²) in [5, 5.41) is 39.0. The van der Waals surface area contributed by atoms with Crippen LogP contribution in [0.1, 0.15) is 181 Å². The fourth-order valence-electron chi connectivity index (χ4n) is 7.58. The molecule has 8 rings (SSSR count). The van der Waals surface area contributed by atoms with Gasteiger partial charge >= 0.3 is 23.9 Å². The summed E-state index contributed by atoms with van der Waals surface area (Å²) in [4.78, 5) is 91.4. The molecule has 0 saturated carbocycles. The molecular formula is C48H48O16. The number of fused-ring (bicyclic) bond motifs is 4. The second-order valence-corrected chi connectivity index (χ2v) is 15.1. The molecule has 4 aromatic rings. The van der Waals surface area contributed by atoms with Crippen molar-refractivity contribution in [1.29, 1.82) is 0 Å². The number of ether oxygens (including phenoxy) is 4. The molecule has 0 bridgehead atoms. The van der Waals surface area contributed by atoms with Gasteiger partial charge in [-0.25, -0.2) is 19.2 Å². The van der Waals surface area contributed by atoms with Crippen molar-refractivity contribution >= 4 is 47.0 Å². The molecule has 4 atom stereocenters. The topological polar surface area (TPSA) is 254 Å². The molecule has 16 nitrogen and oxygen atoms in total. The highest BCUT2D eigenvalue weighted by molar-refractivity contribution is 6.02. The van der Waals surface area contributed by atoms with Gasteiger partial charge in [0.05, 0.1) is 75.1 Å². The molecule has 4 N–H and O–H groups in total. The molecule has 4 aliphatic carbocycles. The van der Waals surface area contributed by atoms with Gasteiger partial charge in [-0.05, 0) is 96.5 Å². The Morgan fingerprint density at radius 1 is 0.375 bits per heavy atom. The van der Waals surface area contributed by atoms with Gasteiger partial charge in [0.2, 0.25) is 0 Å². The molecule has 0 saturated heterocycles. The first kappa shape index (κ1) is 48.3. The molecule has 16 heteroatoms. The first-order valence-corrected chi connectivity index (χ1v) is 20.3. The Balaban J connectivity index is 0.000000161. The Kier molecular flexibility index (Phi) is 16.3. The number of ketones is 4. The minimum Gasteiger partial charge on any atom is -0.465 e. The second kappa shape index (κ2) is 21.6. The molecule has 336 valence electrons. The van der Waals surface area contributed by atoms with E-state index < -0.39 is 48.3 Å². The van der Waals surface area contributed by atoms with Crippen LogP contribution in [0.4, 0.5) is 0 Å². The number of benzene rings is 4. The average Bonchev–Trinajstić information content (AvgIpc) is 3.32. The molecule has 64 heavy (non-hydrogen) atoms. The molecule has 4 aromatic carbocycles. The maximum atomic E-state index is 11.6. The van der Waals surface area contributed by atoms with Gasteiger partial charge in [0.15, 0.2) is 23.1 Å². The van der Waals surface area contributed by atoms with E-state index in [2.05, 4.69) is 18.9 Å². The fraction of sp³-hybridized carbons (Fsp3) is 0.333. The number of rotatable bonds is 4. The van der Waals surface area contributed by atoms with Crippen molar-refractivity contribution in [2.45, 2.75) is 75.8 Å². The average molecular weight is 881 g/mol. The lowest BCUT2D eigenvalue weighted by molar-refractivity contribution is 0.0591. The van der Waals surface area contributed by atoms with Crippen LogP contribution in [0.15, 0.2) is 72.8 Å². The minimum atomic E-state index is -0.669. The van der Waals surface area contributed by atoms with E-state index in [1.165, 1.54) is 52.7 Å². The van der Waals surface area contributed by atoms with Crippen molar-refractivity contribution in [3.8, 4) is 0 Å². The Bertz CT molecular complexity index is 2140. The zero-order valence-electron chi connectivity index (χ0n) is 35.6. The van der Waals surface area contributed by atoms with Crippen molar-refractivity contribution in [1.82, 2.24) is 0 Å². The van der Waals surface area contributed by atoms with Crippen LogP contribution >= 0.6 is 0 Å². The smallest absolute Gasteiger partial charge is 0.337 e. The lowest BCUT2D eigenvalue weighted by Crippen LogP contribution is -2.16. The third-order valence-electron chi connectivity index (χ3n) is 11.1. The molecule has 0 amide bonds. The van der Waals surface area contributed by atoms with Gasteiger partial charge in [0.25, 0.3) is 0 Å². The van der Waals surface area contributed by atoms with E-state index in [0.29, 0.717) is 118 Å². The Morgan fingerprint density at radius 3 is 0.734 bits per heavy atom. The highest BCUT2D eigenvalue weighted by atomic mass is 16.5. The molecule has 0 fully saturated rings. The quantitative estimate of drug-likeness (QED) is 0.137. The number of aliphatic hydroxyl groups is 4. The van der Waals surface area contributed by atoms with Crippen molar-refractivity contribution in [2.24, 2.45) is 0 Å². The summed E-state index contributed by atoms with van der Waals surface area (Å²) in [6.45, 7) is 0. The molecule has 0 unspecified atom stereocenters. The van der Waals surface area contributed by atoms with Crippen LogP contribution < -0.4 is 0 Å². The van der Waals surface area contributed by atoms with Gasteiger partial charge in [-0.15, -0.1) is 0 Å². The zero-order valence-corrected chi connectivity index (χ0v) is 35.6. The summed E-state index contributed by atoms with van der Waals surface area (Å²) in [6, 6.07) is 18.6. The first-order valence-electron chi connectivity index (χ1n) is 20.3. The van der Waals surface area contributed by atoms with Crippen molar-refractivity contribution in [2.75, 3.05) is 28.4 Å². The third kappa shape index (κ3) is 11.1. The van der Waals surface area contributed by atoms with Gasteiger partial charge in [0, 0.05) is 47.9 Å². The number of aliphatic hydroxyl groups excluding tert-OH is 4. The van der Waals surface area contributed by atoms with Crippen LogP contribution in [0.2, 0.25) is 0 Å². The first-order chi connectivity index (χ1) is 30.5. The van der Waals surface area contributed by atoms with Crippen LogP contribution in [0.5, 0.6) is 0 Å². The molecular weight excluding hydrogens is 833 g/mol. The molecule has 0 aromatic heterocycles. The van der Waals surface area contributed by atoms with E-state index >= 15 is 0 Å². The second-order valence-electron chi connectivity index (χ2n) is 15.1. The van der Waals surface area contributed by atoms with Crippen molar-refractivity contribution < 1.29 is 77.7 Å². The molecule has 0 heterocycles. The largest absolute Gasteiger partial charge is 0.465 e. The fourth-order valence-corrected chi connectivity index (χ4v) is 7.58. The third-order valence-corrected chi connectivity index (χ3v) is 11.1. The Morgan fingerprint density at radius 2 is 0.562 bits per heavy atom. The van der Waals surface area contributed by atoms with Crippen LogP contribution in [-0.2, 0) is 18.9 Å². The van der Waals surface area contributed by atoms with E-state index in [1.54, 1.807) is 48.5 Å². The normalized spacial score (nSPS) is 19.1. The highest BCUT2D eigenvalue weighted by Crippen LogP contribution is 2.33. The molecule has 0 spiro atoms. The summed E-state index contributed by atoms with van der Waals surface area (Å²) in [5.41, 5.74) is 5.56. The SMILES string of the molecule is COC(=O)c1ccc2c(c1)[C@H](O)CCC2=O.COC(=O)c1ccc2c(c1)[C@H](O)CCC2=O.COC(=O)c1ccc2c(c1)[C@H](O)CCC2=O.COC(=O)c1ccc2c(c1)[C@H](O)CCC2=O. The van der Waals surface area contributed by atoms with Gasteiger partial charge in [-0.2, -0.15) is 0 Å². The number of hydrogen-bond donors (Lipinski definition) is 4. The lowest BCUT2D eigenvalue weighted by atomic mass is 9.87. The van der Waals surface area contributed by atoms with Gasteiger partial charge < -0.3 is 39.4 Å². The van der Waals surface area contributed by atoms with Crippen LogP contribution in [-0.4, -0.2) is 95.9 Å². The maximum Gasteiger partial charge on any atom is 0.337 e. The Hall–Kier alpha value is -6.72. The van der Waals surface area contributed by atoms with Crippen LogP contribution in [0.3, 0.4) is 0 Å². The lowest BCUT2D eigenvalue weighted by Gasteiger charge is -2.20. The number of hydrogen-bond acceptors (Lipinski definition) is 16. The Labute approximate surface area is 367 Å². The summed E-state index contributed by atoms with van der Waals surface area (Å²) >= 11 is 0. The molecule has 0 radical (unpaired) electrons. The van der Waals surface area contributed by atoms with Crippen molar-refractivity contribution in [3.63, 3.8) is 0 Å². The summed E-state index contributed by atoms with van der Waals surface area (Å²) in [7, 11) is 5.18. The van der Waals surface area contributed by atoms with E-state index in [9.17, 15) is 58.8 Å². The predicted octanol–water partition coefficient (Wildman–Crippen LogP) is 5.93. The zero-order chi connectivity index (χ0) is 46.8. The summed E-state index contributed by atoms with van der Waals surface area (Å²) in [5.74, 6) is -1.82. The maximum absolute atomic E-state index is 11.6. The van der Waals surface area contributed by atoms with Crippen LogP contribution in [0.25, 0.3) is 0 Å². The monoisotopic (exact) mass is 880 g/mol. The summed E-state index contributed by atoms with van der Waals surface area (Å²) < 4.78 is 18.3. The van der Waals surface area contributed by atoms with E-state index in [4.69, 9.17) is 0 Å². The van der Waals surface area contributed by atoms with Crippen molar-refractivity contribution in [3.05, 3.63) is 140 Å². The highest BCUT2D eigenvalue weighted by Gasteiger charge is 2.28. The van der Waals surface area contributed by atoms with Gasteiger partial charge in [0.1, 0.15) is 0 Å². The number of methoxy groups -OCH3 is 4.